The van der Waals surface area contributed by atoms with Crippen LogP contribution in [-0.4, -0.2) is 13.4 Å². The third kappa shape index (κ3) is 8.37. The lowest BCUT2D eigenvalue weighted by molar-refractivity contribution is 0.668. The average Bonchev–Trinajstić information content (AvgIpc) is 0.856. The van der Waals surface area contributed by atoms with Gasteiger partial charge in [0.25, 0.3) is 13.4 Å². The predicted molar refractivity (Wildman–Crippen MR) is 418 cm³/mol. The Morgan fingerprint density at radius 1 is 0.240 bits per heavy atom. The number of nitrogens with zero attached hydrogens (tertiary/aromatic N) is 6. The molecule has 6 heterocycles. The van der Waals surface area contributed by atoms with Gasteiger partial charge in [-0.05, 0) is 184 Å². The lowest BCUT2D eigenvalue weighted by Crippen LogP contribution is -2.65. The van der Waals surface area contributed by atoms with Crippen LogP contribution in [0.5, 0.6) is 0 Å². The van der Waals surface area contributed by atoms with Crippen molar-refractivity contribution in [1.29, 1.82) is 0 Å². The summed E-state index contributed by atoms with van der Waals surface area (Å²) in [6.45, 7) is -6.01. The van der Waals surface area contributed by atoms with Crippen molar-refractivity contribution < 1.29 is 88.3 Å². The fraction of sp³-hybridized carbons (Fsp3) is 0. The maximum atomic E-state index is 12.4. The molecule has 0 spiro atoms. The Balaban J connectivity index is 1.12. The minimum absolute atomic E-state index is 0.105. The van der Waals surface area contributed by atoms with E-state index in [4.69, 9.17) is 19.8 Å². The normalized spacial score (nSPS) is 21.2. The van der Waals surface area contributed by atoms with Crippen LogP contribution in [0.4, 0.5) is 102 Å². The van der Waals surface area contributed by atoms with Gasteiger partial charge in [0.15, 0.2) is 0 Å². The Bertz CT molecular complexity index is 8910. The molecule has 0 saturated carbocycles. The highest BCUT2D eigenvalue weighted by Crippen LogP contribution is 2.55. The van der Waals surface area contributed by atoms with E-state index in [-0.39, 0.29) is 19.6 Å². The van der Waals surface area contributed by atoms with E-state index in [2.05, 4.69) is 0 Å². The molecule has 17 aromatic rings. The molecular weight excluding hydrogens is 1220 g/mol. The van der Waals surface area contributed by atoms with Gasteiger partial charge in [-0.25, -0.2) is 0 Å². The van der Waals surface area contributed by atoms with Gasteiger partial charge in [0.1, 0.15) is 22.3 Å². The fourth-order valence-electron chi connectivity index (χ4n) is 13.3. The topological polar surface area (TPSA) is 45.7 Å². The standard InChI is InChI=1S/C90H58B2N6O2/c1-9-29-59(30-10-1)93(60-31-11-2-12-32-60)67-53-77-87-79(55-67)97(65-41-21-7-22-42-65)89-71(49-51-83-85(89)69-45-25-27-47-81(69)99-83)91(87)73-57-74-76(58-75(73)95(77)63-37-17-5-18-38-63)96(64-39-19-6-20-40-64)78-54-68(94(61-33-13-3-14-34-61)62-35-15-4-16-36-62)56-80-88(78)92(74)72-50-52-84-86(70-46-26-28-48-82(70)100-84)90(72)98(80)66-43-23-8-24-44-66/h1-58H/i1D,2D,3D,4D,5D,6D,7D,8D,9D,10D,11D,12D,13D,14D,15D,16D,17D,18D,19D,20D,21D,22D,23D,24D,25D,26D,27D,28D,29D,30D,31D,32D,33D,34D,35D,36D,37D,38D,39D,40D,41D,42D,43D,44D,45D,46D,47D,48D,49D,50D,51D,52D,53D,54D,55D,56D,57D,58D. The summed E-state index contributed by atoms with van der Waals surface area (Å²) in [7, 11) is 0. The molecule has 0 radical (unpaired) electrons. The molecule has 0 bridgehead atoms. The van der Waals surface area contributed by atoms with Crippen LogP contribution in [0.1, 0.15) is 79.5 Å². The first-order valence-electron chi connectivity index (χ1n) is 58.6. The summed E-state index contributed by atoms with van der Waals surface area (Å²) in [6.07, 6.45) is 0. The second-order valence-corrected chi connectivity index (χ2v) is 21.9. The minimum Gasteiger partial charge on any atom is -0.456 e. The first-order valence-corrected chi connectivity index (χ1v) is 29.6. The molecule has 100 heavy (non-hydrogen) atoms. The molecule has 0 N–H and O–H groups in total. The summed E-state index contributed by atoms with van der Waals surface area (Å²) in [4.78, 5) is 1.53. The monoisotopic (exact) mass is 1330 g/mol. The van der Waals surface area contributed by atoms with Crippen LogP contribution in [0, 0.1) is 0 Å². The number of anilines is 18. The summed E-state index contributed by atoms with van der Waals surface area (Å²) in [5.74, 6) is 0. The van der Waals surface area contributed by atoms with Crippen molar-refractivity contribution >= 4 is 192 Å². The van der Waals surface area contributed by atoms with Gasteiger partial charge in [-0.15, -0.1) is 0 Å². The largest absolute Gasteiger partial charge is 0.456 e. The number of benzene rings is 15. The zero-order chi connectivity index (χ0) is 116. The molecule has 0 amide bonds. The average molecular weight is 1340 g/mol. The number of rotatable bonds is 10. The first-order chi connectivity index (χ1) is 73.8. The molecule has 4 aliphatic heterocycles. The van der Waals surface area contributed by atoms with Crippen LogP contribution in [0.2, 0.25) is 0 Å². The molecule has 0 aliphatic carbocycles. The second-order valence-electron chi connectivity index (χ2n) is 21.9. The van der Waals surface area contributed by atoms with Gasteiger partial charge in [0, 0.05) is 90.4 Å². The quantitative estimate of drug-likeness (QED) is 0.126. The highest BCUT2D eigenvalue weighted by atomic mass is 16.3. The molecule has 466 valence electrons. The van der Waals surface area contributed by atoms with Gasteiger partial charge < -0.3 is 38.2 Å². The molecule has 0 saturated heterocycles. The Hall–Kier alpha value is -13.2. The van der Waals surface area contributed by atoms with E-state index in [1.165, 1.54) is 0 Å². The van der Waals surface area contributed by atoms with E-state index in [0.717, 1.165) is 0 Å². The number of hydrogen-bond acceptors (Lipinski definition) is 8. The van der Waals surface area contributed by atoms with Gasteiger partial charge in [-0.3, -0.25) is 0 Å². The van der Waals surface area contributed by atoms with Gasteiger partial charge >= 0.3 is 0 Å². The maximum absolute atomic E-state index is 12.4. The van der Waals surface area contributed by atoms with Crippen LogP contribution in [0.15, 0.2) is 359 Å². The summed E-state index contributed by atoms with van der Waals surface area (Å²) in [5, 5.41) is -3.95. The molecule has 21 rings (SSSR count). The van der Waals surface area contributed by atoms with Crippen LogP contribution >= 0.6 is 0 Å². The lowest BCUT2D eigenvalue weighted by atomic mass is 9.30. The fourth-order valence-corrected chi connectivity index (χ4v) is 13.3. The van der Waals surface area contributed by atoms with Crippen LogP contribution in [-0.2, 0) is 0 Å². The molecule has 8 nitrogen and oxygen atoms in total. The second kappa shape index (κ2) is 22.2. The number of furan rings is 2. The van der Waals surface area contributed by atoms with Crippen LogP contribution in [0.25, 0.3) is 43.9 Å². The molecule has 4 aliphatic rings. The molecule has 10 heteroatoms. The molecule has 2 aromatic heterocycles. The van der Waals surface area contributed by atoms with Gasteiger partial charge in [-0.2, -0.15) is 0 Å². The van der Waals surface area contributed by atoms with Gasteiger partial charge in [0.2, 0.25) is 0 Å². The van der Waals surface area contributed by atoms with Crippen molar-refractivity contribution in [3.05, 3.63) is 350 Å². The Morgan fingerprint density at radius 2 is 0.530 bits per heavy atom. The predicted octanol–water partition coefficient (Wildman–Crippen LogP) is 20.6. The molecule has 15 aromatic carbocycles. The van der Waals surface area contributed by atoms with E-state index in [0.29, 0.717) is 9.80 Å². The van der Waals surface area contributed by atoms with E-state index in [9.17, 15) is 68.5 Å². The van der Waals surface area contributed by atoms with Crippen LogP contribution < -0.4 is 62.2 Å². The van der Waals surface area contributed by atoms with Crippen molar-refractivity contribution in [2.75, 3.05) is 29.4 Å². The smallest absolute Gasteiger partial charge is 0.252 e. The third-order valence-corrected chi connectivity index (χ3v) is 16.9. The molecule has 0 fully saturated rings. The highest BCUT2D eigenvalue weighted by molar-refractivity contribution is 7.03. The van der Waals surface area contributed by atoms with Crippen molar-refractivity contribution in [3.8, 4) is 0 Å². The van der Waals surface area contributed by atoms with Crippen molar-refractivity contribution in [1.82, 2.24) is 0 Å². The first kappa shape index (κ1) is 23.5. The van der Waals surface area contributed by atoms with Gasteiger partial charge in [0.05, 0.1) is 113 Å². The van der Waals surface area contributed by atoms with E-state index >= 15 is 0 Å². The van der Waals surface area contributed by atoms with E-state index in [1.807, 2.05) is 0 Å². The number of hydrogen-bond donors (Lipinski definition) is 0. The Labute approximate surface area is 660 Å². The number of fused-ring (bicyclic) bond motifs is 16. The summed E-state index contributed by atoms with van der Waals surface area (Å²) in [5.41, 5.74) is -37.9. The zero-order valence-corrected chi connectivity index (χ0v) is 49.7. The minimum atomic E-state index is -3.00. The SMILES string of the molecule is [2H]c1c([2H])c([2H])c(N(c2c([2H])c([2H])c([2H])c([2H])c2[2H])c2c([2H])c3c4c(c2[2H])N(c2c([2H])c([2H])c([2H])c([2H])c2[2H])c2c(c([2H])c([2H])c5oc6c([2H])c([2H])c([2H])c([2H])c6c25)B4c2c([2H])c4c(c([2H])c2N3c2c([2H])c([2H])c([2H])c([2H])c2[2H])N(c2c([2H])c([2H])c([2H])c([2H])c2[2H])c2c([2H])c(N(c3c([2H])c([2H])c([2H])c([2H])c3[2H])c3c([2H])c([2H])c([2H])c([2H])c3[2H])c([2H])c3c2B4c2c([2H])c([2H])c4oc5c([2H])c([2H])c([2H])c([2H])c5c4c2N3c2c([2H])c([2H])c([2H])c([2H])c2[2H])c([2H])c1[2H]. The highest BCUT2D eigenvalue weighted by Gasteiger charge is 2.50. The van der Waals surface area contributed by atoms with E-state index in [1.54, 1.807) is 0 Å². The summed E-state index contributed by atoms with van der Waals surface area (Å²) >= 11 is 0. The lowest BCUT2D eigenvalue weighted by Gasteiger charge is -2.48. The molecule has 0 unspecified atom stereocenters. The maximum Gasteiger partial charge on any atom is 0.252 e. The molecular formula is C90H58B2N6O2. The summed E-state index contributed by atoms with van der Waals surface area (Å²) in [6, 6.07) is -82.6. The third-order valence-electron chi connectivity index (χ3n) is 16.9. The van der Waals surface area contributed by atoms with E-state index < -0.39 is 543 Å². The summed E-state index contributed by atoms with van der Waals surface area (Å²) < 4.78 is 591. The van der Waals surface area contributed by atoms with Gasteiger partial charge in [-0.1, -0.05) is 199 Å². The molecule has 0 atom stereocenters. The Morgan fingerprint density at radius 3 is 0.870 bits per heavy atom. The van der Waals surface area contributed by atoms with Crippen molar-refractivity contribution in [2.45, 2.75) is 0 Å². The van der Waals surface area contributed by atoms with Crippen molar-refractivity contribution in [3.63, 3.8) is 0 Å². The van der Waals surface area contributed by atoms with Crippen LogP contribution in [0.3, 0.4) is 0 Å². The zero-order valence-electron chi connectivity index (χ0n) is 108. The van der Waals surface area contributed by atoms with Crippen molar-refractivity contribution in [2.24, 2.45) is 0 Å². The number of para-hydroxylation sites is 10. The Kier molecular flexibility index (Phi) is 5.22.